The first-order valence-corrected chi connectivity index (χ1v) is 4.76. The quantitative estimate of drug-likeness (QED) is 0.724. The molecule has 2 nitrogen and oxygen atoms in total. The zero-order valence-electron chi connectivity index (χ0n) is 8.62. The van der Waals surface area contributed by atoms with Crippen molar-refractivity contribution in [2.75, 3.05) is 13.7 Å². The fraction of sp³-hybridized carbons (Fsp3) is 0.333. The number of ether oxygens (including phenoxy) is 1. The molecule has 1 aromatic rings. The lowest BCUT2D eigenvalue weighted by molar-refractivity contribution is 0.414. The molecule has 0 saturated heterocycles. The molecule has 0 amide bonds. The van der Waals surface area contributed by atoms with E-state index in [4.69, 9.17) is 10.5 Å². The average Bonchev–Trinajstić information content (AvgIpc) is 2.19. The molecular weight excluding hydrogens is 174 g/mol. The predicted molar refractivity (Wildman–Crippen MR) is 59.5 cm³/mol. The van der Waals surface area contributed by atoms with Crippen molar-refractivity contribution in [2.45, 2.75) is 12.8 Å². The number of rotatable bonds is 5. The first kappa shape index (κ1) is 10.8. The highest BCUT2D eigenvalue weighted by Gasteiger charge is 1.97. The summed E-state index contributed by atoms with van der Waals surface area (Å²) < 4.78 is 5.08. The van der Waals surface area contributed by atoms with Crippen LogP contribution in [0.25, 0.3) is 0 Å². The van der Waals surface area contributed by atoms with E-state index in [1.54, 1.807) is 7.11 Å². The Hall–Kier alpha value is -1.28. The second-order valence-electron chi connectivity index (χ2n) is 3.31. The minimum atomic E-state index is 0.676. The molecule has 0 aliphatic carbocycles. The molecule has 1 rings (SSSR count). The van der Waals surface area contributed by atoms with Crippen molar-refractivity contribution in [2.24, 2.45) is 5.73 Å². The second kappa shape index (κ2) is 5.45. The van der Waals surface area contributed by atoms with Crippen molar-refractivity contribution in [1.82, 2.24) is 0 Å². The van der Waals surface area contributed by atoms with Crippen LogP contribution in [-0.2, 0) is 6.42 Å². The number of hydrogen-bond acceptors (Lipinski definition) is 2. The lowest BCUT2D eigenvalue weighted by atomic mass is 10.0. The van der Waals surface area contributed by atoms with Gasteiger partial charge in [0.25, 0.3) is 0 Å². The van der Waals surface area contributed by atoms with Crippen LogP contribution < -0.4 is 10.5 Å². The van der Waals surface area contributed by atoms with Gasteiger partial charge in [-0.25, -0.2) is 0 Å². The maximum atomic E-state index is 5.45. The Labute approximate surface area is 85.4 Å². The zero-order chi connectivity index (χ0) is 10.4. The molecule has 0 heterocycles. The SMILES string of the molecule is C=C(CCN)Cc1ccc(OC)cc1. The van der Waals surface area contributed by atoms with Crippen LogP contribution in [0.15, 0.2) is 36.4 Å². The highest BCUT2D eigenvalue weighted by Crippen LogP contribution is 2.14. The molecule has 0 spiro atoms. The van der Waals surface area contributed by atoms with Gasteiger partial charge in [0.15, 0.2) is 0 Å². The van der Waals surface area contributed by atoms with E-state index in [9.17, 15) is 0 Å². The molecule has 0 unspecified atom stereocenters. The first-order valence-electron chi connectivity index (χ1n) is 4.76. The third-order valence-corrected chi connectivity index (χ3v) is 2.11. The van der Waals surface area contributed by atoms with Gasteiger partial charge in [-0.2, -0.15) is 0 Å². The topological polar surface area (TPSA) is 35.2 Å². The molecule has 0 radical (unpaired) electrons. The zero-order valence-corrected chi connectivity index (χ0v) is 8.62. The van der Waals surface area contributed by atoms with Gasteiger partial charge >= 0.3 is 0 Å². The van der Waals surface area contributed by atoms with Crippen molar-refractivity contribution < 1.29 is 4.74 Å². The fourth-order valence-electron chi connectivity index (χ4n) is 1.32. The lowest BCUT2D eigenvalue weighted by Gasteiger charge is -2.05. The smallest absolute Gasteiger partial charge is 0.118 e. The van der Waals surface area contributed by atoms with E-state index in [0.717, 1.165) is 18.6 Å². The molecule has 0 saturated carbocycles. The molecular formula is C12H17NO. The lowest BCUT2D eigenvalue weighted by Crippen LogP contribution is -2.01. The van der Waals surface area contributed by atoms with E-state index in [0.29, 0.717) is 6.54 Å². The van der Waals surface area contributed by atoms with Crippen molar-refractivity contribution >= 4 is 0 Å². The minimum absolute atomic E-state index is 0.676. The molecule has 1 aromatic carbocycles. The molecule has 0 aliphatic rings. The highest BCUT2D eigenvalue weighted by molar-refractivity contribution is 5.29. The molecule has 14 heavy (non-hydrogen) atoms. The van der Waals surface area contributed by atoms with E-state index in [2.05, 4.69) is 18.7 Å². The molecule has 0 aromatic heterocycles. The monoisotopic (exact) mass is 191 g/mol. The summed E-state index contributed by atoms with van der Waals surface area (Å²) in [7, 11) is 1.67. The summed E-state index contributed by atoms with van der Waals surface area (Å²) >= 11 is 0. The van der Waals surface area contributed by atoms with Crippen LogP contribution in [-0.4, -0.2) is 13.7 Å². The van der Waals surface area contributed by atoms with Gasteiger partial charge in [-0.1, -0.05) is 24.3 Å². The normalized spacial score (nSPS) is 9.86. The molecule has 0 atom stereocenters. The van der Waals surface area contributed by atoms with Gasteiger partial charge in [-0.15, -0.1) is 0 Å². The third kappa shape index (κ3) is 3.23. The number of methoxy groups -OCH3 is 1. The molecule has 2 N–H and O–H groups in total. The Bertz CT molecular complexity index is 290. The predicted octanol–water partition coefficient (Wildman–Crippen LogP) is 2.14. The van der Waals surface area contributed by atoms with E-state index in [1.165, 1.54) is 11.1 Å². The van der Waals surface area contributed by atoms with Crippen molar-refractivity contribution in [3.8, 4) is 5.75 Å². The Balaban J connectivity index is 2.55. The summed E-state index contributed by atoms with van der Waals surface area (Å²) in [6, 6.07) is 8.04. The van der Waals surface area contributed by atoms with E-state index >= 15 is 0 Å². The van der Waals surface area contributed by atoms with Gasteiger partial charge in [0.2, 0.25) is 0 Å². The maximum absolute atomic E-state index is 5.45. The number of nitrogens with two attached hydrogens (primary N) is 1. The Morgan fingerprint density at radius 1 is 1.36 bits per heavy atom. The molecule has 2 heteroatoms. The van der Waals surface area contributed by atoms with Crippen LogP contribution in [0.4, 0.5) is 0 Å². The van der Waals surface area contributed by atoms with Crippen molar-refractivity contribution in [3.63, 3.8) is 0 Å². The van der Waals surface area contributed by atoms with Crippen LogP contribution in [0.2, 0.25) is 0 Å². The standard InChI is InChI=1S/C12H17NO/c1-10(7-8-13)9-11-3-5-12(14-2)6-4-11/h3-6H,1,7-9,13H2,2H3. The molecule has 0 fully saturated rings. The van der Waals surface area contributed by atoms with Gasteiger partial charge in [-0.05, 0) is 37.1 Å². The van der Waals surface area contributed by atoms with Gasteiger partial charge in [0, 0.05) is 0 Å². The van der Waals surface area contributed by atoms with Gasteiger partial charge in [-0.3, -0.25) is 0 Å². The van der Waals surface area contributed by atoms with Crippen LogP contribution in [0, 0.1) is 0 Å². The first-order chi connectivity index (χ1) is 6.76. The molecule has 76 valence electrons. The largest absolute Gasteiger partial charge is 0.497 e. The van der Waals surface area contributed by atoms with Gasteiger partial charge in [0.05, 0.1) is 7.11 Å². The summed E-state index contributed by atoms with van der Waals surface area (Å²) in [5.41, 5.74) is 7.88. The van der Waals surface area contributed by atoms with Crippen LogP contribution in [0.5, 0.6) is 5.75 Å². The Morgan fingerprint density at radius 2 is 2.00 bits per heavy atom. The van der Waals surface area contributed by atoms with E-state index in [-0.39, 0.29) is 0 Å². The summed E-state index contributed by atoms with van der Waals surface area (Å²) in [6.07, 6.45) is 1.80. The second-order valence-corrected chi connectivity index (χ2v) is 3.31. The summed E-state index contributed by atoms with van der Waals surface area (Å²) in [5.74, 6) is 0.887. The summed E-state index contributed by atoms with van der Waals surface area (Å²) in [4.78, 5) is 0. The maximum Gasteiger partial charge on any atom is 0.118 e. The van der Waals surface area contributed by atoms with Gasteiger partial charge in [0.1, 0.15) is 5.75 Å². The summed E-state index contributed by atoms with van der Waals surface area (Å²) in [6.45, 7) is 4.65. The van der Waals surface area contributed by atoms with Crippen molar-refractivity contribution in [1.29, 1.82) is 0 Å². The molecule has 0 aliphatic heterocycles. The van der Waals surface area contributed by atoms with Crippen LogP contribution in [0.3, 0.4) is 0 Å². The van der Waals surface area contributed by atoms with Crippen LogP contribution >= 0.6 is 0 Å². The number of benzene rings is 1. The highest BCUT2D eigenvalue weighted by atomic mass is 16.5. The Morgan fingerprint density at radius 3 is 2.50 bits per heavy atom. The van der Waals surface area contributed by atoms with E-state index < -0.39 is 0 Å². The van der Waals surface area contributed by atoms with Crippen LogP contribution in [0.1, 0.15) is 12.0 Å². The average molecular weight is 191 g/mol. The Kier molecular flexibility index (Phi) is 4.20. The van der Waals surface area contributed by atoms with Gasteiger partial charge < -0.3 is 10.5 Å². The van der Waals surface area contributed by atoms with E-state index in [1.807, 2.05) is 12.1 Å². The number of hydrogen-bond donors (Lipinski definition) is 1. The van der Waals surface area contributed by atoms with Crippen molar-refractivity contribution in [3.05, 3.63) is 42.0 Å². The minimum Gasteiger partial charge on any atom is -0.497 e. The third-order valence-electron chi connectivity index (χ3n) is 2.11. The fourth-order valence-corrected chi connectivity index (χ4v) is 1.32. The summed E-state index contributed by atoms with van der Waals surface area (Å²) in [5, 5.41) is 0. The molecule has 0 bridgehead atoms.